The number of benzene rings is 1. The van der Waals surface area contributed by atoms with Crippen LogP contribution in [0.1, 0.15) is 19.3 Å². The molecule has 0 saturated carbocycles. The van der Waals surface area contributed by atoms with E-state index in [0.717, 1.165) is 51.1 Å². The molecule has 7 nitrogen and oxygen atoms in total. The van der Waals surface area contributed by atoms with Gasteiger partial charge in [0.05, 0.1) is 19.4 Å². The van der Waals surface area contributed by atoms with Gasteiger partial charge in [-0.1, -0.05) is 12.1 Å². The van der Waals surface area contributed by atoms with Gasteiger partial charge >= 0.3 is 5.56 Å². The summed E-state index contributed by atoms with van der Waals surface area (Å²) in [6, 6.07) is 7.51. The summed E-state index contributed by atoms with van der Waals surface area (Å²) in [5.41, 5.74) is 1.19. The highest BCUT2D eigenvalue weighted by molar-refractivity contribution is 5.58. The molecule has 1 aromatic carbocycles. The Morgan fingerprint density at radius 3 is 2.58 bits per heavy atom. The lowest BCUT2D eigenvalue weighted by Crippen LogP contribution is -2.44. The molecule has 0 spiro atoms. The van der Waals surface area contributed by atoms with Gasteiger partial charge in [0.25, 0.3) is 0 Å². The summed E-state index contributed by atoms with van der Waals surface area (Å²) < 4.78 is 13.3. The van der Waals surface area contributed by atoms with Gasteiger partial charge in [0.15, 0.2) is 0 Å². The normalized spacial score (nSPS) is 17.9. The smallest absolute Gasteiger partial charge is 0.316 e. The largest absolute Gasteiger partial charge is 0.491 e. The fourth-order valence-electron chi connectivity index (χ4n) is 3.36. The summed E-state index contributed by atoms with van der Waals surface area (Å²) >= 11 is 0. The summed E-state index contributed by atoms with van der Waals surface area (Å²) in [6.07, 6.45) is 4.60. The van der Waals surface area contributed by atoms with Gasteiger partial charge in [-0.05, 0) is 31.4 Å². The van der Waals surface area contributed by atoms with Gasteiger partial charge in [-0.15, -0.1) is 0 Å². The van der Waals surface area contributed by atoms with Gasteiger partial charge in [-0.2, -0.15) is 9.78 Å². The van der Waals surface area contributed by atoms with E-state index in [1.165, 1.54) is 4.68 Å². The standard InChI is InChI=1S/C19H24N4O3/c24-19-18-16(22-10-8-20-9-11-22)14-21-23(19)15-6-2-3-7-17(15)25-12-4-1-5-13-26-18/h2-3,6-7,14,20H,1,4-5,8-13H2. The Morgan fingerprint density at radius 2 is 1.73 bits per heavy atom. The van der Waals surface area contributed by atoms with E-state index in [1.807, 2.05) is 24.3 Å². The highest BCUT2D eigenvalue weighted by atomic mass is 16.5. The molecule has 1 fully saturated rings. The number of hydrogen-bond donors (Lipinski definition) is 1. The first kappa shape index (κ1) is 16.9. The number of nitrogens with one attached hydrogen (secondary N) is 1. The Labute approximate surface area is 152 Å². The summed E-state index contributed by atoms with van der Waals surface area (Å²) in [4.78, 5) is 15.4. The van der Waals surface area contributed by atoms with Crippen molar-refractivity contribution in [3.63, 3.8) is 0 Å². The van der Waals surface area contributed by atoms with Crippen LogP contribution in [0.3, 0.4) is 0 Å². The number of para-hydroxylation sites is 2. The fraction of sp³-hybridized carbons (Fsp3) is 0.474. The third-order valence-corrected chi connectivity index (χ3v) is 4.76. The van der Waals surface area contributed by atoms with Crippen LogP contribution in [0.2, 0.25) is 0 Å². The van der Waals surface area contributed by atoms with Crippen molar-refractivity contribution in [3.8, 4) is 17.2 Å². The molecule has 2 bridgehead atoms. The second-order valence-corrected chi connectivity index (χ2v) is 6.54. The van der Waals surface area contributed by atoms with E-state index >= 15 is 0 Å². The highest BCUT2D eigenvalue weighted by Gasteiger charge is 2.22. The van der Waals surface area contributed by atoms with E-state index in [0.29, 0.717) is 30.4 Å². The molecule has 26 heavy (non-hydrogen) atoms. The minimum absolute atomic E-state index is 0.238. The molecule has 7 heteroatoms. The van der Waals surface area contributed by atoms with Gasteiger partial charge < -0.3 is 19.7 Å². The Bertz CT molecular complexity index is 815. The molecule has 0 aliphatic carbocycles. The predicted octanol–water partition coefficient (Wildman–Crippen LogP) is 1.58. The molecule has 2 aliphatic rings. The van der Waals surface area contributed by atoms with Crippen LogP contribution in [0.5, 0.6) is 11.5 Å². The molecular weight excluding hydrogens is 332 g/mol. The zero-order valence-corrected chi connectivity index (χ0v) is 14.8. The number of rotatable bonds is 1. The van der Waals surface area contributed by atoms with E-state index in [-0.39, 0.29) is 5.56 Å². The van der Waals surface area contributed by atoms with Crippen LogP contribution < -0.4 is 25.2 Å². The minimum Gasteiger partial charge on any atom is -0.491 e. The summed E-state index contributed by atoms with van der Waals surface area (Å²) in [5, 5.41) is 7.76. The molecule has 1 aromatic heterocycles. The lowest BCUT2D eigenvalue weighted by molar-refractivity contribution is 0.272. The van der Waals surface area contributed by atoms with Crippen LogP contribution in [0.25, 0.3) is 5.69 Å². The highest BCUT2D eigenvalue weighted by Crippen LogP contribution is 2.27. The zero-order valence-electron chi connectivity index (χ0n) is 14.8. The number of anilines is 1. The second kappa shape index (κ2) is 7.78. The lowest BCUT2D eigenvalue weighted by atomic mass is 10.2. The van der Waals surface area contributed by atoms with Crippen molar-refractivity contribution in [2.24, 2.45) is 0 Å². The van der Waals surface area contributed by atoms with Crippen molar-refractivity contribution in [1.29, 1.82) is 0 Å². The topological polar surface area (TPSA) is 68.6 Å². The second-order valence-electron chi connectivity index (χ2n) is 6.54. The first-order chi connectivity index (χ1) is 12.8. The molecule has 2 aromatic rings. The van der Waals surface area contributed by atoms with Crippen molar-refractivity contribution in [2.75, 3.05) is 44.3 Å². The summed E-state index contributed by atoms with van der Waals surface area (Å²) in [5.74, 6) is 1.06. The number of nitrogens with zero attached hydrogens (tertiary/aromatic N) is 3. The average Bonchev–Trinajstić information content (AvgIpc) is 2.69. The van der Waals surface area contributed by atoms with Gasteiger partial charge in [-0.3, -0.25) is 4.79 Å². The number of piperazine rings is 1. The van der Waals surface area contributed by atoms with Crippen molar-refractivity contribution < 1.29 is 9.47 Å². The monoisotopic (exact) mass is 356 g/mol. The van der Waals surface area contributed by atoms with E-state index in [1.54, 1.807) is 6.20 Å². The van der Waals surface area contributed by atoms with Crippen LogP contribution in [-0.2, 0) is 0 Å². The Hall–Kier alpha value is -2.54. The summed E-state index contributed by atoms with van der Waals surface area (Å²) in [7, 11) is 0. The molecule has 1 saturated heterocycles. The van der Waals surface area contributed by atoms with E-state index in [4.69, 9.17) is 9.47 Å². The van der Waals surface area contributed by atoms with E-state index in [2.05, 4.69) is 15.3 Å². The van der Waals surface area contributed by atoms with Gasteiger partial charge in [0, 0.05) is 26.2 Å². The van der Waals surface area contributed by atoms with Crippen molar-refractivity contribution in [3.05, 3.63) is 40.8 Å². The molecule has 0 atom stereocenters. The Balaban J connectivity index is 1.81. The lowest BCUT2D eigenvalue weighted by Gasteiger charge is -2.30. The SMILES string of the molecule is O=c1c2c(N3CCNCC3)cnn1-c1ccccc1OCCCCCO2. The van der Waals surface area contributed by atoms with Crippen LogP contribution in [-0.4, -0.2) is 49.2 Å². The molecular formula is C19H24N4O3. The van der Waals surface area contributed by atoms with Gasteiger partial charge in [0.1, 0.15) is 17.1 Å². The van der Waals surface area contributed by atoms with Gasteiger partial charge in [-0.25, -0.2) is 0 Å². The maximum Gasteiger partial charge on any atom is 0.316 e. The molecule has 0 unspecified atom stereocenters. The summed E-state index contributed by atoms with van der Waals surface area (Å²) in [6.45, 7) is 4.60. The number of hydrogen-bond acceptors (Lipinski definition) is 6. The molecule has 1 N–H and O–H groups in total. The predicted molar refractivity (Wildman–Crippen MR) is 99.8 cm³/mol. The van der Waals surface area contributed by atoms with E-state index < -0.39 is 0 Å². The molecule has 138 valence electrons. The van der Waals surface area contributed by atoms with Crippen LogP contribution in [0.4, 0.5) is 5.69 Å². The van der Waals surface area contributed by atoms with Crippen molar-refractivity contribution in [2.45, 2.75) is 19.3 Å². The zero-order chi connectivity index (χ0) is 17.8. The maximum absolute atomic E-state index is 13.2. The molecule has 3 heterocycles. The third kappa shape index (κ3) is 3.39. The average molecular weight is 356 g/mol. The van der Waals surface area contributed by atoms with Crippen molar-refractivity contribution in [1.82, 2.24) is 15.1 Å². The molecule has 0 radical (unpaired) electrons. The Kier molecular flexibility index (Phi) is 5.06. The van der Waals surface area contributed by atoms with E-state index in [9.17, 15) is 4.79 Å². The minimum atomic E-state index is -0.238. The Morgan fingerprint density at radius 1 is 0.962 bits per heavy atom. The molecule has 4 rings (SSSR count). The van der Waals surface area contributed by atoms with Crippen LogP contribution in [0, 0.1) is 0 Å². The first-order valence-electron chi connectivity index (χ1n) is 9.27. The number of aromatic nitrogens is 2. The van der Waals surface area contributed by atoms with Gasteiger partial charge in [0.2, 0.25) is 5.75 Å². The number of ether oxygens (including phenoxy) is 2. The first-order valence-corrected chi connectivity index (χ1v) is 9.27. The van der Waals surface area contributed by atoms with Crippen molar-refractivity contribution >= 4 is 5.69 Å². The third-order valence-electron chi connectivity index (χ3n) is 4.76. The number of fused-ring (bicyclic) bond motifs is 4. The fourth-order valence-corrected chi connectivity index (χ4v) is 3.36. The van der Waals surface area contributed by atoms with Crippen LogP contribution >= 0.6 is 0 Å². The molecule has 0 amide bonds. The quantitative estimate of drug-likeness (QED) is 0.837. The maximum atomic E-state index is 13.2. The molecule has 2 aliphatic heterocycles. The van der Waals surface area contributed by atoms with Crippen LogP contribution in [0.15, 0.2) is 35.3 Å².